The van der Waals surface area contributed by atoms with Gasteiger partial charge < -0.3 is 9.88 Å². The fourth-order valence-corrected chi connectivity index (χ4v) is 4.14. The van der Waals surface area contributed by atoms with Crippen molar-refractivity contribution in [3.8, 4) is 11.1 Å². The van der Waals surface area contributed by atoms with E-state index in [0.29, 0.717) is 18.8 Å². The van der Waals surface area contributed by atoms with Crippen molar-refractivity contribution in [1.82, 2.24) is 20.1 Å². The first-order valence-electron chi connectivity index (χ1n) is 9.73. The molecule has 0 saturated carbocycles. The van der Waals surface area contributed by atoms with Gasteiger partial charge in [-0.3, -0.25) is 14.7 Å². The Labute approximate surface area is 167 Å². The van der Waals surface area contributed by atoms with E-state index < -0.39 is 0 Å². The molecule has 1 aromatic carbocycles. The smallest absolute Gasteiger partial charge is 0.259 e. The molecule has 1 fully saturated rings. The van der Waals surface area contributed by atoms with Crippen molar-refractivity contribution >= 4 is 5.91 Å². The molecule has 0 atom stereocenters. The number of aromatic nitrogens is 3. The van der Waals surface area contributed by atoms with Crippen LogP contribution in [0.4, 0.5) is 4.39 Å². The number of aromatic amines is 2. The second-order valence-electron chi connectivity index (χ2n) is 7.59. The third kappa shape index (κ3) is 3.72. The number of hydrogen-bond donors (Lipinski definition) is 2. The van der Waals surface area contributed by atoms with Gasteiger partial charge in [-0.25, -0.2) is 4.39 Å². The molecule has 2 aromatic heterocycles. The molecule has 0 spiro atoms. The average molecular weight is 394 g/mol. The van der Waals surface area contributed by atoms with E-state index in [2.05, 4.69) is 15.2 Å². The van der Waals surface area contributed by atoms with Gasteiger partial charge in [0.05, 0.1) is 6.20 Å². The van der Waals surface area contributed by atoms with E-state index in [9.17, 15) is 14.0 Å². The highest BCUT2D eigenvalue weighted by molar-refractivity contribution is 5.95. The van der Waals surface area contributed by atoms with Crippen molar-refractivity contribution in [3.63, 3.8) is 0 Å². The third-order valence-corrected chi connectivity index (χ3v) is 5.56. The first-order chi connectivity index (χ1) is 13.9. The topological polar surface area (TPSA) is 81.8 Å². The number of pyridine rings is 1. The molecule has 3 aromatic rings. The maximum Gasteiger partial charge on any atom is 0.259 e. The quantitative estimate of drug-likeness (QED) is 0.713. The first-order valence-corrected chi connectivity index (χ1v) is 9.73. The van der Waals surface area contributed by atoms with Crippen LogP contribution in [0.25, 0.3) is 11.1 Å². The summed E-state index contributed by atoms with van der Waals surface area (Å²) in [5.74, 6) is -0.317. The van der Waals surface area contributed by atoms with E-state index in [1.807, 2.05) is 6.07 Å². The summed E-state index contributed by atoms with van der Waals surface area (Å²) < 4.78 is 13.6. The lowest BCUT2D eigenvalue weighted by molar-refractivity contribution is 0.0709. The molecule has 0 bridgehead atoms. The number of aryl methyl sites for hydroxylation is 2. The molecule has 2 N–H and O–H groups in total. The number of carbonyl (C=O) groups is 1. The molecule has 0 aliphatic carbocycles. The molecular weight excluding hydrogens is 371 g/mol. The Morgan fingerprint density at radius 3 is 2.66 bits per heavy atom. The van der Waals surface area contributed by atoms with Crippen LogP contribution in [0.1, 0.15) is 46.2 Å². The summed E-state index contributed by atoms with van der Waals surface area (Å²) in [6, 6.07) is 7.93. The molecule has 0 unspecified atom stereocenters. The zero-order valence-corrected chi connectivity index (χ0v) is 16.5. The van der Waals surface area contributed by atoms with Gasteiger partial charge in [0, 0.05) is 47.7 Å². The second kappa shape index (κ2) is 7.66. The molecule has 1 amide bonds. The van der Waals surface area contributed by atoms with E-state index >= 15 is 0 Å². The Hall–Kier alpha value is -3.22. The Bertz CT molecular complexity index is 1110. The predicted molar refractivity (Wildman–Crippen MR) is 108 cm³/mol. The van der Waals surface area contributed by atoms with Crippen LogP contribution in [0.3, 0.4) is 0 Å². The molecule has 6 nitrogen and oxygen atoms in total. The Morgan fingerprint density at radius 1 is 1.21 bits per heavy atom. The van der Waals surface area contributed by atoms with Crippen LogP contribution in [0.5, 0.6) is 0 Å². The standard InChI is InChI=1S/C22H23FN4O2/c1-13-10-19(28)20(14(2)25-13)22(29)27-8-6-15(7-9-27)21-18(12-24-26-21)16-4-3-5-17(23)11-16/h3-5,10-12,15H,6-9H2,1-2H3,(H,24,26)(H,25,28). The number of likely N-dealkylation sites (tertiary alicyclic amines) is 1. The number of piperidine rings is 1. The van der Waals surface area contributed by atoms with Gasteiger partial charge in [0.15, 0.2) is 5.43 Å². The third-order valence-electron chi connectivity index (χ3n) is 5.56. The fourth-order valence-electron chi connectivity index (χ4n) is 4.14. The Balaban J connectivity index is 1.51. The summed E-state index contributed by atoms with van der Waals surface area (Å²) in [5.41, 5.74) is 3.96. The van der Waals surface area contributed by atoms with Crippen LogP contribution in [0.2, 0.25) is 0 Å². The first kappa shape index (κ1) is 19.1. The van der Waals surface area contributed by atoms with Crippen molar-refractivity contribution < 1.29 is 9.18 Å². The van der Waals surface area contributed by atoms with Crippen LogP contribution >= 0.6 is 0 Å². The maximum atomic E-state index is 13.6. The second-order valence-corrected chi connectivity index (χ2v) is 7.59. The normalized spacial score (nSPS) is 14.9. The number of carbonyl (C=O) groups excluding carboxylic acids is 1. The largest absolute Gasteiger partial charge is 0.362 e. The molecule has 1 saturated heterocycles. The van der Waals surface area contributed by atoms with Crippen LogP contribution in [0.15, 0.2) is 41.3 Å². The summed E-state index contributed by atoms with van der Waals surface area (Å²) in [5, 5.41) is 7.23. The van der Waals surface area contributed by atoms with Gasteiger partial charge in [0.2, 0.25) is 0 Å². The molecule has 29 heavy (non-hydrogen) atoms. The average Bonchev–Trinajstić information content (AvgIpc) is 3.17. The molecule has 0 radical (unpaired) electrons. The van der Waals surface area contributed by atoms with E-state index in [1.165, 1.54) is 18.2 Å². The molecule has 150 valence electrons. The lowest BCUT2D eigenvalue weighted by atomic mass is 9.89. The maximum absolute atomic E-state index is 13.6. The van der Waals surface area contributed by atoms with E-state index in [4.69, 9.17) is 0 Å². The van der Waals surface area contributed by atoms with Crippen LogP contribution < -0.4 is 5.43 Å². The van der Waals surface area contributed by atoms with Gasteiger partial charge in [-0.15, -0.1) is 0 Å². The highest BCUT2D eigenvalue weighted by atomic mass is 19.1. The van der Waals surface area contributed by atoms with Crippen LogP contribution in [0, 0.1) is 19.7 Å². The van der Waals surface area contributed by atoms with Crippen molar-refractivity contribution in [2.45, 2.75) is 32.6 Å². The zero-order chi connectivity index (χ0) is 20.5. The predicted octanol–water partition coefficient (Wildman–Crippen LogP) is 3.54. The van der Waals surface area contributed by atoms with Gasteiger partial charge in [-0.05, 0) is 44.4 Å². The summed E-state index contributed by atoms with van der Waals surface area (Å²) in [4.78, 5) is 30.0. The molecular formula is C22H23FN4O2. The lowest BCUT2D eigenvalue weighted by Crippen LogP contribution is -2.40. The van der Waals surface area contributed by atoms with Crippen molar-refractivity contribution in [2.24, 2.45) is 0 Å². The number of hydrogen-bond acceptors (Lipinski definition) is 3. The van der Waals surface area contributed by atoms with Crippen molar-refractivity contribution in [3.05, 3.63) is 75.2 Å². The van der Waals surface area contributed by atoms with Gasteiger partial charge in [-0.1, -0.05) is 12.1 Å². The van der Waals surface area contributed by atoms with Gasteiger partial charge >= 0.3 is 0 Å². The Morgan fingerprint density at radius 2 is 1.97 bits per heavy atom. The number of nitrogens with zero attached hydrogens (tertiary/aromatic N) is 2. The van der Waals surface area contributed by atoms with E-state index in [-0.39, 0.29) is 28.6 Å². The van der Waals surface area contributed by atoms with E-state index in [1.54, 1.807) is 31.0 Å². The Kier molecular flexibility index (Phi) is 5.05. The summed E-state index contributed by atoms with van der Waals surface area (Å²) in [7, 11) is 0. The minimum Gasteiger partial charge on any atom is -0.362 e. The SMILES string of the molecule is Cc1cc(=O)c(C(=O)N2CCC(c3[nH]ncc3-c3cccc(F)c3)CC2)c(C)[nH]1. The number of amides is 1. The van der Waals surface area contributed by atoms with Gasteiger partial charge in [0.1, 0.15) is 11.4 Å². The van der Waals surface area contributed by atoms with Gasteiger partial charge in [-0.2, -0.15) is 5.10 Å². The molecule has 1 aliphatic rings. The van der Waals surface area contributed by atoms with E-state index in [0.717, 1.165) is 35.4 Å². The lowest BCUT2D eigenvalue weighted by Gasteiger charge is -2.32. The summed E-state index contributed by atoms with van der Waals surface area (Å²) in [6.45, 7) is 4.66. The molecule has 7 heteroatoms. The molecule has 3 heterocycles. The van der Waals surface area contributed by atoms with Gasteiger partial charge in [0.25, 0.3) is 5.91 Å². The number of H-pyrrole nitrogens is 2. The monoisotopic (exact) mass is 394 g/mol. The summed E-state index contributed by atoms with van der Waals surface area (Å²) >= 11 is 0. The molecule has 4 rings (SSSR count). The van der Waals surface area contributed by atoms with Crippen LogP contribution in [-0.2, 0) is 0 Å². The minimum atomic E-state index is -0.284. The van der Waals surface area contributed by atoms with Crippen LogP contribution in [-0.4, -0.2) is 39.1 Å². The highest BCUT2D eigenvalue weighted by Gasteiger charge is 2.29. The number of halogens is 1. The number of benzene rings is 1. The molecule has 1 aliphatic heterocycles. The van der Waals surface area contributed by atoms with Crippen molar-refractivity contribution in [1.29, 1.82) is 0 Å². The fraction of sp³-hybridized carbons (Fsp3) is 0.318. The highest BCUT2D eigenvalue weighted by Crippen LogP contribution is 2.34. The zero-order valence-electron chi connectivity index (χ0n) is 16.5. The summed E-state index contributed by atoms with van der Waals surface area (Å²) in [6.07, 6.45) is 3.22. The minimum absolute atomic E-state index is 0.192. The van der Waals surface area contributed by atoms with Crippen molar-refractivity contribution in [2.75, 3.05) is 13.1 Å². The number of rotatable bonds is 3. The number of nitrogens with one attached hydrogen (secondary N) is 2.